The summed E-state index contributed by atoms with van der Waals surface area (Å²) in [6.45, 7) is 1.77. The maximum Gasteiger partial charge on any atom is 0.338 e. The van der Waals surface area contributed by atoms with E-state index in [4.69, 9.17) is 4.74 Å². The minimum atomic E-state index is -0.464. The number of fused-ring (bicyclic) bond motifs is 1. The molecule has 2 aliphatic rings. The first-order valence-electron chi connectivity index (χ1n) is 6.51. The summed E-state index contributed by atoms with van der Waals surface area (Å²) in [5, 5.41) is 0.652. The van der Waals surface area contributed by atoms with Gasteiger partial charge in [0.15, 0.2) is 5.17 Å². The highest BCUT2D eigenvalue weighted by atomic mass is 32.2. The standard InChI is InChI=1S/C15H14N2O3S/c1-9-12(14(19)20-2)13(10-6-4-3-5-7-10)17-11(18)8-21-15(17)16-9/h3-7,13H,8H2,1-2H3. The molecule has 0 bridgehead atoms. The molecule has 1 aromatic carbocycles. The van der Waals surface area contributed by atoms with Crippen molar-refractivity contribution in [3.8, 4) is 0 Å². The molecule has 0 saturated carbocycles. The highest BCUT2D eigenvalue weighted by Crippen LogP contribution is 2.40. The third kappa shape index (κ3) is 2.25. The van der Waals surface area contributed by atoms with Crippen molar-refractivity contribution in [2.24, 2.45) is 4.99 Å². The molecule has 1 atom stereocenters. The largest absolute Gasteiger partial charge is 0.466 e. The number of thioether (sulfide) groups is 1. The van der Waals surface area contributed by atoms with Crippen molar-refractivity contribution in [1.82, 2.24) is 4.90 Å². The molecule has 1 saturated heterocycles. The lowest BCUT2D eigenvalue weighted by Gasteiger charge is -2.32. The number of esters is 1. The molecule has 3 rings (SSSR count). The van der Waals surface area contributed by atoms with Gasteiger partial charge in [-0.15, -0.1) is 0 Å². The summed E-state index contributed by atoms with van der Waals surface area (Å²) < 4.78 is 4.88. The van der Waals surface area contributed by atoms with E-state index in [9.17, 15) is 9.59 Å². The van der Waals surface area contributed by atoms with E-state index in [2.05, 4.69) is 4.99 Å². The molecule has 0 aliphatic carbocycles. The van der Waals surface area contributed by atoms with E-state index in [1.54, 1.807) is 11.8 Å². The first kappa shape index (κ1) is 13.9. The van der Waals surface area contributed by atoms with Crippen molar-refractivity contribution >= 4 is 28.8 Å². The van der Waals surface area contributed by atoms with E-state index in [1.165, 1.54) is 18.9 Å². The Morgan fingerprint density at radius 1 is 1.38 bits per heavy atom. The molecule has 6 heteroatoms. The molecule has 0 spiro atoms. The normalized spacial score (nSPS) is 21.2. The molecule has 1 amide bonds. The molecule has 0 aromatic heterocycles. The van der Waals surface area contributed by atoms with Gasteiger partial charge in [0.2, 0.25) is 5.91 Å². The number of nitrogens with zero attached hydrogens (tertiary/aromatic N) is 2. The Morgan fingerprint density at radius 2 is 2.10 bits per heavy atom. The van der Waals surface area contributed by atoms with Gasteiger partial charge in [-0.2, -0.15) is 0 Å². The highest BCUT2D eigenvalue weighted by molar-refractivity contribution is 8.15. The van der Waals surface area contributed by atoms with Gasteiger partial charge in [0, 0.05) is 0 Å². The van der Waals surface area contributed by atoms with Gasteiger partial charge in [-0.1, -0.05) is 42.1 Å². The number of amides is 1. The number of ether oxygens (including phenoxy) is 1. The highest BCUT2D eigenvalue weighted by Gasteiger charge is 2.42. The fourth-order valence-corrected chi connectivity index (χ4v) is 3.50. The maximum atomic E-state index is 12.2. The van der Waals surface area contributed by atoms with Crippen molar-refractivity contribution < 1.29 is 14.3 Å². The van der Waals surface area contributed by atoms with Gasteiger partial charge in [-0.05, 0) is 12.5 Å². The monoisotopic (exact) mass is 302 g/mol. The zero-order valence-corrected chi connectivity index (χ0v) is 12.5. The average molecular weight is 302 g/mol. The molecule has 0 N–H and O–H groups in total. The van der Waals surface area contributed by atoms with E-state index < -0.39 is 12.0 Å². The van der Waals surface area contributed by atoms with Crippen molar-refractivity contribution in [1.29, 1.82) is 0 Å². The number of methoxy groups -OCH3 is 1. The van der Waals surface area contributed by atoms with E-state index in [1.807, 2.05) is 30.3 Å². The Bertz CT molecular complexity index is 667. The predicted octanol–water partition coefficient (Wildman–Crippen LogP) is 2.12. The van der Waals surface area contributed by atoms with Crippen LogP contribution in [0, 0.1) is 0 Å². The topological polar surface area (TPSA) is 59.0 Å². The van der Waals surface area contributed by atoms with Gasteiger partial charge >= 0.3 is 5.97 Å². The summed E-state index contributed by atoms with van der Waals surface area (Å²) in [6, 6.07) is 9.02. The van der Waals surface area contributed by atoms with Crippen LogP contribution in [0.3, 0.4) is 0 Å². The van der Waals surface area contributed by atoms with Gasteiger partial charge < -0.3 is 4.74 Å². The van der Waals surface area contributed by atoms with Crippen molar-refractivity contribution in [3.63, 3.8) is 0 Å². The molecular formula is C15H14N2O3S. The van der Waals surface area contributed by atoms with Crippen LogP contribution in [0.5, 0.6) is 0 Å². The molecule has 1 unspecified atom stereocenters. The van der Waals surface area contributed by atoms with E-state index in [-0.39, 0.29) is 5.91 Å². The second kappa shape index (κ2) is 5.37. The summed E-state index contributed by atoms with van der Waals surface area (Å²) in [6.07, 6.45) is 0. The van der Waals surface area contributed by atoms with Crippen LogP contribution in [0.4, 0.5) is 0 Å². The average Bonchev–Trinajstić information content (AvgIpc) is 2.87. The number of hydrogen-bond donors (Lipinski definition) is 0. The molecule has 2 aliphatic heterocycles. The smallest absolute Gasteiger partial charge is 0.338 e. The Kier molecular flexibility index (Phi) is 3.55. The Balaban J connectivity index is 2.17. The predicted molar refractivity (Wildman–Crippen MR) is 80.6 cm³/mol. The van der Waals surface area contributed by atoms with Crippen LogP contribution in [-0.4, -0.2) is 34.8 Å². The van der Waals surface area contributed by atoms with Gasteiger partial charge in [0.05, 0.1) is 30.2 Å². The number of amidine groups is 1. The second-order valence-electron chi connectivity index (χ2n) is 4.75. The van der Waals surface area contributed by atoms with Crippen molar-refractivity contribution in [2.75, 3.05) is 12.9 Å². The number of benzene rings is 1. The van der Waals surface area contributed by atoms with E-state index >= 15 is 0 Å². The summed E-state index contributed by atoms with van der Waals surface area (Å²) in [5.41, 5.74) is 1.90. The number of allylic oxidation sites excluding steroid dienone is 1. The maximum absolute atomic E-state index is 12.2. The summed E-state index contributed by atoms with van der Waals surface area (Å²) >= 11 is 1.40. The van der Waals surface area contributed by atoms with Crippen LogP contribution in [0.2, 0.25) is 0 Å². The van der Waals surface area contributed by atoms with Crippen molar-refractivity contribution in [3.05, 3.63) is 47.2 Å². The molecule has 1 aromatic rings. The third-order valence-corrected chi connectivity index (χ3v) is 4.44. The lowest BCUT2D eigenvalue weighted by atomic mass is 9.94. The Labute approximate surface area is 126 Å². The number of aliphatic imine (C=N–C) groups is 1. The third-order valence-electron chi connectivity index (χ3n) is 3.50. The quantitative estimate of drug-likeness (QED) is 0.785. The van der Waals surface area contributed by atoms with Crippen LogP contribution < -0.4 is 0 Å². The summed E-state index contributed by atoms with van der Waals surface area (Å²) in [4.78, 5) is 30.3. The van der Waals surface area contributed by atoms with E-state index in [0.29, 0.717) is 22.2 Å². The number of carbonyl (C=O) groups excluding carboxylic acids is 2. The Hall–Kier alpha value is -2.08. The molecular weight excluding hydrogens is 288 g/mol. The van der Waals surface area contributed by atoms with Crippen LogP contribution >= 0.6 is 11.8 Å². The van der Waals surface area contributed by atoms with Gasteiger partial charge in [0.1, 0.15) is 0 Å². The number of hydrogen-bond acceptors (Lipinski definition) is 5. The summed E-state index contributed by atoms with van der Waals surface area (Å²) in [5.74, 6) is -0.139. The first-order chi connectivity index (χ1) is 10.1. The van der Waals surface area contributed by atoms with Crippen LogP contribution in [0.25, 0.3) is 0 Å². The molecule has 5 nitrogen and oxygen atoms in total. The van der Waals surface area contributed by atoms with Crippen LogP contribution in [0.1, 0.15) is 18.5 Å². The summed E-state index contributed by atoms with van der Waals surface area (Å²) in [7, 11) is 1.34. The lowest BCUT2D eigenvalue weighted by molar-refractivity contribution is -0.137. The fourth-order valence-electron chi connectivity index (χ4n) is 2.56. The second-order valence-corrected chi connectivity index (χ2v) is 5.69. The molecule has 1 fully saturated rings. The van der Waals surface area contributed by atoms with Gasteiger partial charge in [0.25, 0.3) is 0 Å². The first-order valence-corrected chi connectivity index (χ1v) is 7.49. The van der Waals surface area contributed by atoms with Gasteiger partial charge in [-0.3, -0.25) is 9.69 Å². The minimum absolute atomic E-state index is 0.0403. The van der Waals surface area contributed by atoms with E-state index in [0.717, 1.165) is 5.56 Å². The van der Waals surface area contributed by atoms with Crippen LogP contribution in [-0.2, 0) is 14.3 Å². The van der Waals surface area contributed by atoms with Crippen LogP contribution in [0.15, 0.2) is 46.6 Å². The molecule has 2 heterocycles. The zero-order chi connectivity index (χ0) is 15.0. The zero-order valence-electron chi connectivity index (χ0n) is 11.7. The molecule has 108 valence electrons. The lowest BCUT2D eigenvalue weighted by Crippen LogP contribution is -2.39. The number of carbonyl (C=O) groups is 2. The van der Waals surface area contributed by atoms with Gasteiger partial charge in [-0.25, -0.2) is 9.79 Å². The fraction of sp³-hybridized carbons (Fsp3) is 0.267. The number of rotatable bonds is 2. The minimum Gasteiger partial charge on any atom is -0.466 e. The SMILES string of the molecule is COC(=O)C1=C(C)N=C2SCC(=O)N2C1c1ccccc1. The molecule has 21 heavy (non-hydrogen) atoms. The Morgan fingerprint density at radius 3 is 2.76 bits per heavy atom. The molecule has 0 radical (unpaired) electrons. The van der Waals surface area contributed by atoms with Crippen molar-refractivity contribution in [2.45, 2.75) is 13.0 Å².